The first-order valence-electron chi connectivity index (χ1n) is 7.95. The highest BCUT2D eigenvalue weighted by Crippen LogP contribution is 2.31. The molecule has 2 aromatic heterocycles. The van der Waals surface area contributed by atoms with E-state index >= 15 is 0 Å². The monoisotopic (exact) mass is 360 g/mol. The van der Waals surface area contributed by atoms with Crippen LogP contribution in [0.25, 0.3) is 22.0 Å². The minimum atomic E-state index is 0.481. The van der Waals surface area contributed by atoms with Crippen molar-refractivity contribution in [1.82, 2.24) is 20.4 Å². The minimum absolute atomic E-state index is 0.481. The molecule has 126 valence electrons. The topological polar surface area (TPSA) is 89.1 Å². The van der Waals surface area contributed by atoms with Crippen LogP contribution in [0.5, 0.6) is 0 Å². The van der Waals surface area contributed by atoms with Crippen LogP contribution < -0.4 is 5.32 Å². The van der Waals surface area contributed by atoms with E-state index in [4.69, 9.17) is 4.42 Å². The van der Waals surface area contributed by atoms with E-state index in [-0.39, 0.29) is 0 Å². The molecule has 0 saturated heterocycles. The highest BCUT2D eigenvalue weighted by molar-refractivity contribution is 7.18. The highest BCUT2D eigenvalue weighted by Gasteiger charge is 2.11. The first-order valence-corrected chi connectivity index (χ1v) is 8.77. The smallest absolute Gasteiger partial charge is 0.247 e. The van der Waals surface area contributed by atoms with Crippen LogP contribution in [0.3, 0.4) is 0 Å². The molecule has 5 rings (SSSR count). The molecule has 1 aliphatic heterocycles. The van der Waals surface area contributed by atoms with Gasteiger partial charge in [0.2, 0.25) is 17.4 Å². The van der Waals surface area contributed by atoms with Gasteiger partial charge in [-0.15, -0.1) is 20.4 Å². The summed E-state index contributed by atoms with van der Waals surface area (Å²) in [5.74, 6) is 0.481. The lowest BCUT2D eigenvalue weighted by molar-refractivity contribution is 0.568. The average molecular weight is 360 g/mol. The van der Waals surface area contributed by atoms with Crippen LogP contribution >= 0.6 is 11.3 Å². The Morgan fingerprint density at radius 3 is 2.88 bits per heavy atom. The molecule has 4 aromatic rings. The number of benzene rings is 2. The van der Waals surface area contributed by atoms with Crippen LogP contribution in [-0.4, -0.2) is 26.6 Å². The summed E-state index contributed by atoms with van der Waals surface area (Å²) in [5, 5.41) is 21.0. The number of aliphatic imine (C=N–C) groups is 1. The molecule has 1 N–H and O–H groups in total. The van der Waals surface area contributed by atoms with Crippen molar-refractivity contribution >= 4 is 28.4 Å². The van der Waals surface area contributed by atoms with E-state index in [2.05, 4.69) is 42.8 Å². The second kappa shape index (κ2) is 6.16. The molecule has 0 bridgehead atoms. The first-order chi connectivity index (χ1) is 12.8. The second-order valence-electron chi connectivity index (χ2n) is 5.75. The van der Waals surface area contributed by atoms with Gasteiger partial charge in [0.05, 0.1) is 6.54 Å². The van der Waals surface area contributed by atoms with Gasteiger partial charge >= 0.3 is 0 Å². The van der Waals surface area contributed by atoms with E-state index in [1.165, 1.54) is 23.3 Å². The van der Waals surface area contributed by atoms with Crippen molar-refractivity contribution in [2.75, 3.05) is 5.32 Å². The Hall–Kier alpha value is -3.39. The molecule has 1 aliphatic rings. The molecule has 26 heavy (non-hydrogen) atoms. The SMILES string of the molecule is C1=NCc2ccc(Nc3nnc(-c4cccc(-c5nnco5)c4)s3)cc21. The number of hydrogen-bond acceptors (Lipinski definition) is 8. The highest BCUT2D eigenvalue weighted by atomic mass is 32.1. The number of fused-ring (bicyclic) bond motifs is 1. The zero-order chi connectivity index (χ0) is 17.3. The molecule has 0 aliphatic carbocycles. The molecular weight excluding hydrogens is 348 g/mol. The maximum Gasteiger partial charge on any atom is 0.247 e. The Kier molecular flexibility index (Phi) is 3.53. The predicted octanol–water partition coefficient (Wildman–Crippen LogP) is 3.93. The van der Waals surface area contributed by atoms with Crippen molar-refractivity contribution in [2.45, 2.75) is 6.54 Å². The maximum atomic E-state index is 5.25. The van der Waals surface area contributed by atoms with Gasteiger partial charge in [-0.2, -0.15) is 0 Å². The molecule has 2 aromatic carbocycles. The number of aromatic nitrogens is 4. The van der Waals surface area contributed by atoms with Gasteiger partial charge in [-0.1, -0.05) is 29.5 Å². The second-order valence-corrected chi connectivity index (χ2v) is 6.72. The standard InChI is InChI=1S/C18H12N6OS/c1-2-11(16-22-20-10-25-16)6-12(3-1)17-23-24-18(26-17)21-15-5-4-13-8-19-9-14(13)7-15/h1-7,9-10H,8H2,(H,21,24). The summed E-state index contributed by atoms with van der Waals surface area (Å²) in [6.07, 6.45) is 3.21. The zero-order valence-corrected chi connectivity index (χ0v) is 14.3. The molecule has 0 atom stereocenters. The number of nitrogens with zero attached hydrogens (tertiary/aromatic N) is 5. The summed E-state index contributed by atoms with van der Waals surface area (Å²) < 4.78 is 5.25. The van der Waals surface area contributed by atoms with Crippen LogP contribution in [0.15, 0.2) is 58.3 Å². The van der Waals surface area contributed by atoms with Crippen LogP contribution in [-0.2, 0) is 6.54 Å². The Morgan fingerprint density at radius 2 is 1.96 bits per heavy atom. The summed E-state index contributed by atoms with van der Waals surface area (Å²) in [6, 6.07) is 14.0. The fourth-order valence-corrected chi connectivity index (χ4v) is 3.54. The third kappa shape index (κ3) is 2.76. The average Bonchev–Trinajstić information content (AvgIpc) is 3.43. The van der Waals surface area contributed by atoms with Gasteiger partial charge in [0, 0.05) is 23.0 Å². The number of hydrogen-bond donors (Lipinski definition) is 1. The Bertz CT molecular complexity index is 1100. The molecule has 0 fully saturated rings. The van der Waals surface area contributed by atoms with Crippen LogP contribution in [0.4, 0.5) is 10.8 Å². The lowest BCUT2D eigenvalue weighted by Gasteiger charge is -2.04. The molecule has 0 radical (unpaired) electrons. The van der Waals surface area contributed by atoms with E-state index in [0.29, 0.717) is 5.89 Å². The Balaban J connectivity index is 1.40. The third-order valence-electron chi connectivity index (χ3n) is 4.03. The lowest BCUT2D eigenvalue weighted by atomic mass is 10.1. The molecule has 3 heterocycles. The molecule has 0 unspecified atom stereocenters. The molecule has 0 saturated carbocycles. The minimum Gasteiger partial charge on any atom is -0.423 e. The van der Waals surface area contributed by atoms with Crippen molar-refractivity contribution in [3.8, 4) is 22.0 Å². The van der Waals surface area contributed by atoms with Gasteiger partial charge in [0.15, 0.2) is 0 Å². The Labute approximate surface area is 152 Å². The van der Waals surface area contributed by atoms with E-state index in [0.717, 1.165) is 39.1 Å². The van der Waals surface area contributed by atoms with Gasteiger partial charge in [-0.25, -0.2) is 0 Å². The summed E-state index contributed by atoms with van der Waals surface area (Å²) >= 11 is 1.49. The van der Waals surface area contributed by atoms with Crippen LogP contribution in [0, 0.1) is 0 Å². The van der Waals surface area contributed by atoms with Crippen molar-refractivity contribution in [3.63, 3.8) is 0 Å². The zero-order valence-electron chi connectivity index (χ0n) is 13.5. The molecule has 0 amide bonds. The van der Waals surface area contributed by atoms with Gasteiger partial charge in [0.1, 0.15) is 5.01 Å². The third-order valence-corrected chi connectivity index (χ3v) is 4.92. The van der Waals surface area contributed by atoms with Crippen molar-refractivity contribution < 1.29 is 4.42 Å². The van der Waals surface area contributed by atoms with E-state index < -0.39 is 0 Å². The van der Waals surface area contributed by atoms with E-state index in [1.807, 2.05) is 36.5 Å². The van der Waals surface area contributed by atoms with Gasteiger partial charge in [-0.3, -0.25) is 4.99 Å². The number of nitrogens with one attached hydrogen (secondary N) is 1. The first kappa shape index (κ1) is 14.9. The number of rotatable bonds is 4. The summed E-state index contributed by atoms with van der Waals surface area (Å²) in [4.78, 5) is 4.28. The van der Waals surface area contributed by atoms with E-state index in [9.17, 15) is 0 Å². The fraction of sp³-hybridized carbons (Fsp3) is 0.0556. The number of anilines is 2. The van der Waals surface area contributed by atoms with E-state index in [1.54, 1.807) is 0 Å². The summed E-state index contributed by atoms with van der Waals surface area (Å²) in [5.41, 5.74) is 5.16. The molecular formula is C18H12N6OS. The van der Waals surface area contributed by atoms with Gasteiger partial charge < -0.3 is 9.73 Å². The lowest BCUT2D eigenvalue weighted by Crippen LogP contribution is -1.92. The van der Waals surface area contributed by atoms with Crippen LogP contribution in [0.2, 0.25) is 0 Å². The maximum absolute atomic E-state index is 5.25. The van der Waals surface area contributed by atoms with Crippen molar-refractivity contribution in [1.29, 1.82) is 0 Å². The van der Waals surface area contributed by atoms with Crippen molar-refractivity contribution in [2.24, 2.45) is 4.99 Å². The fourth-order valence-electron chi connectivity index (χ4n) is 2.78. The van der Waals surface area contributed by atoms with Crippen LogP contribution in [0.1, 0.15) is 11.1 Å². The van der Waals surface area contributed by atoms with Crippen molar-refractivity contribution in [3.05, 3.63) is 60.0 Å². The molecule has 8 heteroatoms. The van der Waals surface area contributed by atoms with Gasteiger partial charge in [-0.05, 0) is 35.4 Å². The summed E-state index contributed by atoms with van der Waals surface area (Å²) in [6.45, 7) is 0.759. The van der Waals surface area contributed by atoms with Gasteiger partial charge in [0.25, 0.3) is 0 Å². The largest absolute Gasteiger partial charge is 0.423 e. The quantitative estimate of drug-likeness (QED) is 0.593. The predicted molar refractivity (Wildman–Crippen MR) is 99.7 cm³/mol. The normalized spacial score (nSPS) is 12.3. The summed E-state index contributed by atoms with van der Waals surface area (Å²) in [7, 11) is 0. The Morgan fingerprint density at radius 1 is 1.00 bits per heavy atom. The molecule has 0 spiro atoms. The molecule has 7 nitrogen and oxygen atoms in total.